The molecule has 0 aromatic carbocycles. The minimum Gasteiger partial charge on any atom is -0.466 e. The molecule has 0 aliphatic heterocycles. The van der Waals surface area contributed by atoms with E-state index >= 15 is 0 Å². The summed E-state index contributed by atoms with van der Waals surface area (Å²) in [6, 6.07) is -0.635. The topological polar surface area (TPSA) is 95.9 Å². The van der Waals surface area contributed by atoms with Crippen molar-refractivity contribution in [3.05, 3.63) is 12.2 Å². The molecule has 2 unspecified atom stereocenters. The molecule has 71 heavy (non-hydrogen) atoms. The second-order valence-corrected chi connectivity index (χ2v) is 22.5. The van der Waals surface area contributed by atoms with E-state index in [2.05, 4.69) is 19.2 Å². The molecule has 0 radical (unpaired) electrons. The van der Waals surface area contributed by atoms with Crippen LogP contribution in [-0.2, 0) is 14.3 Å². The van der Waals surface area contributed by atoms with Gasteiger partial charge in [0.1, 0.15) is 0 Å². The van der Waals surface area contributed by atoms with Gasteiger partial charge in [0.2, 0.25) is 5.91 Å². The maximum Gasteiger partial charge on any atom is 0.305 e. The minimum absolute atomic E-state index is 0.00367. The first kappa shape index (κ1) is 69.6. The first-order valence-corrected chi connectivity index (χ1v) is 32.5. The second-order valence-electron chi connectivity index (χ2n) is 22.5. The molecule has 0 aliphatic carbocycles. The van der Waals surface area contributed by atoms with Crippen LogP contribution in [0.2, 0.25) is 0 Å². The number of carbonyl (C=O) groups excluding carboxylic acids is 2. The van der Waals surface area contributed by atoms with Crippen molar-refractivity contribution in [3.63, 3.8) is 0 Å². The maximum atomic E-state index is 12.5. The molecule has 0 aromatic rings. The summed E-state index contributed by atoms with van der Waals surface area (Å²) in [7, 11) is 0. The van der Waals surface area contributed by atoms with Gasteiger partial charge in [0.15, 0.2) is 0 Å². The standard InChI is InChI=1S/C65H127NO5/c1-3-5-7-9-11-13-15-17-19-20-21-22-23-24-25-26-27-30-33-37-41-45-49-53-57-63(68)62(61-67)66-64(69)58-54-50-46-42-38-34-31-28-32-36-40-44-48-52-56-60-71-65(70)59-55-51-47-43-39-35-29-18-16-14-12-10-8-6-4-2/h53,57,62-63,67-68H,3-52,54-56,58-61H2,1-2H3,(H,66,69)/b57-53+. The molecule has 0 aliphatic rings. The number of unbranched alkanes of at least 4 members (excludes halogenated alkanes) is 50. The summed E-state index contributed by atoms with van der Waals surface area (Å²) >= 11 is 0. The van der Waals surface area contributed by atoms with Crippen molar-refractivity contribution in [1.29, 1.82) is 0 Å². The summed E-state index contributed by atoms with van der Waals surface area (Å²) in [5.41, 5.74) is 0. The van der Waals surface area contributed by atoms with Crippen LogP contribution in [0.3, 0.4) is 0 Å². The Morgan fingerprint density at radius 2 is 0.648 bits per heavy atom. The van der Waals surface area contributed by atoms with E-state index in [1.54, 1.807) is 6.08 Å². The highest BCUT2D eigenvalue weighted by Gasteiger charge is 2.18. The van der Waals surface area contributed by atoms with E-state index in [4.69, 9.17) is 4.74 Å². The van der Waals surface area contributed by atoms with E-state index in [1.807, 2.05) is 6.08 Å². The van der Waals surface area contributed by atoms with Gasteiger partial charge in [-0.2, -0.15) is 0 Å². The highest BCUT2D eigenvalue weighted by Crippen LogP contribution is 2.18. The third kappa shape index (κ3) is 57.7. The zero-order chi connectivity index (χ0) is 51.4. The molecule has 6 nitrogen and oxygen atoms in total. The van der Waals surface area contributed by atoms with Crippen LogP contribution < -0.4 is 5.32 Å². The van der Waals surface area contributed by atoms with Crippen LogP contribution in [-0.4, -0.2) is 47.4 Å². The Morgan fingerprint density at radius 3 is 0.958 bits per heavy atom. The Labute approximate surface area is 444 Å². The van der Waals surface area contributed by atoms with Gasteiger partial charge in [0.25, 0.3) is 0 Å². The number of allylic oxidation sites excluding steroid dienone is 1. The van der Waals surface area contributed by atoms with Crippen LogP contribution in [0.1, 0.15) is 367 Å². The normalized spacial score (nSPS) is 12.6. The number of hydrogen-bond acceptors (Lipinski definition) is 5. The van der Waals surface area contributed by atoms with Gasteiger partial charge in [-0.25, -0.2) is 0 Å². The molecule has 0 rings (SSSR count). The fourth-order valence-corrected chi connectivity index (χ4v) is 10.3. The van der Waals surface area contributed by atoms with Crippen LogP contribution in [0.15, 0.2) is 12.2 Å². The number of ether oxygens (including phenoxy) is 1. The number of esters is 1. The summed E-state index contributed by atoms with van der Waals surface area (Å²) in [5, 5.41) is 23.2. The van der Waals surface area contributed by atoms with E-state index in [0.717, 1.165) is 44.9 Å². The highest BCUT2D eigenvalue weighted by atomic mass is 16.5. The van der Waals surface area contributed by atoms with Crippen LogP contribution >= 0.6 is 0 Å². The van der Waals surface area contributed by atoms with E-state index in [-0.39, 0.29) is 18.5 Å². The predicted molar refractivity (Wildman–Crippen MR) is 310 cm³/mol. The molecule has 0 bridgehead atoms. The summed E-state index contributed by atoms with van der Waals surface area (Å²) < 4.78 is 5.49. The Hall–Kier alpha value is -1.40. The largest absolute Gasteiger partial charge is 0.466 e. The molecule has 1 amide bonds. The molecule has 0 heterocycles. The third-order valence-corrected chi connectivity index (χ3v) is 15.3. The fourth-order valence-electron chi connectivity index (χ4n) is 10.3. The lowest BCUT2D eigenvalue weighted by atomic mass is 10.0. The first-order chi connectivity index (χ1) is 35.0. The quantitative estimate of drug-likeness (QED) is 0.0320. The lowest BCUT2D eigenvalue weighted by Crippen LogP contribution is -2.45. The average molecular weight is 1000 g/mol. The number of aliphatic hydroxyl groups excluding tert-OH is 2. The smallest absolute Gasteiger partial charge is 0.305 e. The van der Waals surface area contributed by atoms with Gasteiger partial charge in [0.05, 0.1) is 25.4 Å². The number of aliphatic hydroxyl groups is 2. The van der Waals surface area contributed by atoms with Gasteiger partial charge in [-0.05, 0) is 32.1 Å². The molecular weight excluding hydrogens is 875 g/mol. The molecule has 0 saturated heterocycles. The van der Waals surface area contributed by atoms with Crippen molar-refractivity contribution in [2.45, 2.75) is 379 Å². The lowest BCUT2D eigenvalue weighted by molar-refractivity contribution is -0.143. The SMILES string of the molecule is CCCCCCCCCCCCCCCCCCCCCCCC/C=C/C(O)C(CO)NC(=O)CCCCCCCCCCCCCCCCCOC(=O)CCCCCCCCCCCCCCCCC. The number of amides is 1. The summed E-state index contributed by atoms with van der Waals surface area (Å²) in [5.74, 6) is -0.0681. The number of carbonyl (C=O) groups is 2. The van der Waals surface area contributed by atoms with Gasteiger partial charge >= 0.3 is 5.97 Å². The monoisotopic (exact) mass is 1000 g/mol. The van der Waals surface area contributed by atoms with E-state index in [9.17, 15) is 19.8 Å². The first-order valence-electron chi connectivity index (χ1n) is 32.5. The summed E-state index contributed by atoms with van der Waals surface area (Å²) in [4.78, 5) is 24.6. The van der Waals surface area contributed by atoms with Crippen molar-refractivity contribution in [2.75, 3.05) is 13.2 Å². The molecule has 6 heteroatoms. The van der Waals surface area contributed by atoms with E-state index in [1.165, 1.54) is 295 Å². The van der Waals surface area contributed by atoms with E-state index in [0.29, 0.717) is 19.4 Å². The Bertz CT molecular complexity index is 1060. The molecule has 422 valence electrons. The van der Waals surface area contributed by atoms with Crippen molar-refractivity contribution >= 4 is 11.9 Å². The molecule has 0 aromatic heterocycles. The molecule has 3 N–H and O–H groups in total. The molecule has 2 atom stereocenters. The number of nitrogens with one attached hydrogen (secondary N) is 1. The van der Waals surface area contributed by atoms with Gasteiger partial charge in [0, 0.05) is 12.8 Å². The van der Waals surface area contributed by atoms with Gasteiger partial charge in [-0.3, -0.25) is 9.59 Å². The molecule has 0 saturated carbocycles. The molecule has 0 fully saturated rings. The summed E-state index contributed by atoms with van der Waals surface area (Å²) in [6.45, 7) is 4.93. The molecule has 0 spiro atoms. The van der Waals surface area contributed by atoms with Crippen LogP contribution in [0, 0.1) is 0 Å². The van der Waals surface area contributed by atoms with E-state index < -0.39 is 12.1 Å². The van der Waals surface area contributed by atoms with Crippen molar-refractivity contribution in [3.8, 4) is 0 Å². The van der Waals surface area contributed by atoms with Gasteiger partial charge < -0.3 is 20.3 Å². The Morgan fingerprint density at radius 1 is 0.380 bits per heavy atom. The predicted octanol–water partition coefficient (Wildman–Crippen LogP) is 20.4. The fraction of sp³-hybridized carbons (Fsp3) is 0.938. The minimum atomic E-state index is -0.851. The second kappa shape index (κ2) is 61.1. The van der Waals surface area contributed by atoms with Crippen molar-refractivity contribution < 1.29 is 24.5 Å². The van der Waals surface area contributed by atoms with Crippen molar-refractivity contribution in [2.24, 2.45) is 0 Å². The van der Waals surface area contributed by atoms with Crippen molar-refractivity contribution in [1.82, 2.24) is 5.32 Å². The zero-order valence-corrected chi connectivity index (χ0v) is 48.2. The van der Waals surface area contributed by atoms with Crippen LogP contribution in [0.4, 0.5) is 0 Å². The Balaban J connectivity index is 3.44. The Kier molecular flexibility index (Phi) is 59.9. The number of rotatable bonds is 61. The zero-order valence-electron chi connectivity index (χ0n) is 48.2. The van der Waals surface area contributed by atoms with Crippen LogP contribution in [0.25, 0.3) is 0 Å². The van der Waals surface area contributed by atoms with Crippen LogP contribution in [0.5, 0.6) is 0 Å². The highest BCUT2D eigenvalue weighted by molar-refractivity contribution is 5.76. The average Bonchev–Trinajstić information content (AvgIpc) is 3.37. The molecular formula is C65H127NO5. The van der Waals surface area contributed by atoms with Gasteiger partial charge in [-0.15, -0.1) is 0 Å². The number of hydrogen-bond donors (Lipinski definition) is 3. The van der Waals surface area contributed by atoms with Gasteiger partial charge in [-0.1, -0.05) is 334 Å². The lowest BCUT2D eigenvalue weighted by Gasteiger charge is -2.20. The maximum absolute atomic E-state index is 12.5. The summed E-state index contributed by atoms with van der Waals surface area (Å²) in [6.07, 6.45) is 74.0. The third-order valence-electron chi connectivity index (χ3n) is 15.3.